The van der Waals surface area contributed by atoms with E-state index in [4.69, 9.17) is 24.5 Å². The number of phenols is 1. The summed E-state index contributed by atoms with van der Waals surface area (Å²) < 4.78 is 24.2. The minimum absolute atomic E-state index is 0.0242. The molecule has 2 aromatic carbocycles. The zero-order valence-corrected chi connectivity index (χ0v) is 46.6. The number of nitrogens with zero attached hydrogens (tertiary/aromatic N) is 10. The first-order valence-corrected chi connectivity index (χ1v) is 28.6. The number of phenolic OH excluding ortho intramolecular Hbond substituents is 1. The van der Waals surface area contributed by atoms with Crippen LogP contribution in [-0.4, -0.2) is 172 Å². The van der Waals surface area contributed by atoms with Gasteiger partial charge < -0.3 is 54.7 Å². The quantitative estimate of drug-likeness (QED) is 0.0575. The molecule has 4 fully saturated rings. The average Bonchev–Trinajstić information content (AvgIpc) is 4.40. The van der Waals surface area contributed by atoms with Crippen molar-refractivity contribution in [3.05, 3.63) is 102 Å². The van der Waals surface area contributed by atoms with E-state index in [1.54, 1.807) is 29.5 Å². The number of nitrogens with two attached hydrogens (primary N) is 1. The van der Waals surface area contributed by atoms with Crippen LogP contribution in [0.3, 0.4) is 0 Å². The number of aryl methyl sites for hydroxylation is 1. The zero-order valence-electron chi connectivity index (χ0n) is 45.8. The third-order valence-corrected chi connectivity index (χ3v) is 16.6. The molecular formula is C58H74N12O8S. The maximum atomic E-state index is 14.5. The molecule has 420 valence electrons. The number of thiazole rings is 1. The number of carbonyl (C=O) groups is 2. The maximum absolute atomic E-state index is 14.5. The van der Waals surface area contributed by atoms with E-state index in [1.165, 1.54) is 4.90 Å². The highest BCUT2D eigenvalue weighted by molar-refractivity contribution is 7.13. The molecule has 4 aromatic heterocycles. The highest BCUT2D eigenvalue weighted by atomic mass is 32.1. The first-order valence-electron chi connectivity index (χ1n) is 27.7. The van der Waals surface area contributed by atoms with Gasteiger partial charge in [-0.25, -0.2) is 9.97 Å². The molecule has 0 aliphatic carbocycles. The largest absolute Gasteiger partial charge is 0.507 e. The topological polar surface area (TPSA) is 234 Å². The number of piperazine rings is 2. The van der Waals surface area contributed by atoms with Gasteiger partial charge >= 0.3 is 0 Å². The van der Waals surface area contributed by atoms with Crippen LogP contribution in [0.4, 0.5) is 17.2 Å². The predicted molar refractivity (Wildman–Crippen MR) is 302 cm³/mol. The molecule has 10 rings (SSSR count). The Morgan fingerprint density at radius 2 is 1.57 bits per heavy atom. The molecule has 6 aromatic rings. The highest BCUT2D eigenvalue weighted by Gasteiger charge is 2.44. The third-order valence-electron chi connectivity index (χ3n) is 15.6. The molecule has 4 saturated heterocycles. The Balaban J connectivity index is 0.669. The molecule has 4 aliphatic heterocycles. The Kier molecular flexibility index (Phi) is 17.6. The summed E-state index contributed by atoms with van der Waals surface area (Å²) in [7, 11) is 0. The lowest BCUT2D eigenvalue weighted by Gasteiger charge is -2.43. The number of nitrogens with one attached hydrogen (secondary N) is 1. The minimum atomic E-state index is -0.890. The molecule has 2 unspecified atom stereocenters. The van der Waals surface area contributed by atoms with Gasteiger partial charge in [-0.15, -0.1) is 21.5 Å². The summed E-state index contributed by atoms with van der Waals surface area (Å²) in [5, 5.41) is 37.3. The summed E-state index contributed by atoms with van der Waals surface area (Å²) in [5.41, 5.74) is 14.2. The maximum Gasteiger partial charge on any atom is 0.254 e. The number of fused-ring (bicyclic) bond motifs is 2. The van der Waals surface area contributed by atoms with Crippen molar-refractivity contribution >= 4 is 40.3 Å². The number of β-amino-alcohol motifs (C(OH)–C–C–N with tert-alkyl or cyclic N) is 1. The van der Waals surface area contributed by atoms with Gasteiger partial charge in [-0.2, -0.15) is 0 Å². The molecule has 2 amide bonds. The first kappa shape index (κ1) is 55.4. The Morgan fingerprint density at radius 3 is 2.24 bits per heavy atom. The van der Waals surface area contributed by atoms with E-state index >= 15 is 0 Å². The molecule has 0 saturated carbocycles. The average molecular weight is 1100 g/mol. The van der Waals surface area contributed by atoms with Gasteiger partial charge in [-0.1, -0.05) is 64.1 Å². The Bertz CT molecular complexity index is 2990. The Morgan fingerprint density at radius 1 is 0.861 bits per heavy atom. The summed E-state index contributed by atoms with van der Waals surface area (Å²) in [6, 6.07) is 22.1. The fourth-order valence-electron chi connectivity index (χ4n) is 11.5. The van der Waals surface area contributed by atoms with Gasteiger partial charge in [0.2, 0.25) is 17.7 Å². The van der Waals surface area contributed by atoms with Crippen molar-refractivity contribution in [1.82, 2.24) is 45.3 Å². The monoisotopic (exact) mass is 1100 g/mol. The molecule has 6 atom stereocenters. The number of nitrogen functional groups attached to an aromatic ring is 1. The van der Waals surface area contributed by atoms with E-state index in [-0.39, 0.29) is 55.1 Å². The van der Waals surface area contributed by atoms with Crippen molar-refractivity contribution in [2.24, 2.45) is 11.8 Å². The molecule has 21 heteroatoms. The molecule has 0 spiro atoms. The molecule has 8 heterocycles. The summed E-state index contributed by atoms with van der Waals surface area (Å²) in [6.45, 7) is 18.3. The van der Waals surface area contributed by atoms with E-state index in [0.717, 1.165) is 91.7 Å². The van der Waals surface area contributed by atoms with Crippen LogP contribution < -0.4 is 30.3 Å². The van der Waals surface area contributed by atoms with E-state index in [2.05, 4.69) is 76.2 Å². The first-order chi connectivity index (χ1) is 38.3. The zero-order chi connectivity index (χ0) is 55.2. The number of aliphatic hydroxyl groups is 1. The van der Waals surface area contributed by atoms with Crippen molar-refractivity contribution in [2.45, 2.75) is 90.1 Å². The third kappa shape index (κ3) is 13.1. The number of hydrogen-bond donors (Lipinski definition) is 4. The number of carbonyl (C=O) groups excluding carboxylic acids is 2. The van der Waals surface area contributed by atoms with Crippen molar-refractivity contribution in [3.63, 3.8) is 0 Å². The molecule has 79 heavy (non-hydrogen) atoms. The predicted octanol–water partition coefficient (Wildman–Crippen LogP) is 6.41. The second-order valence-electron chi connectivity index (χ2n) is 22.0. The minimum Gasteiger partial charge on any atom is -0.507 e. The summed E-state index contributed by atoms with van der Waals surface area (Å²) in [5.74, 6) is 0.467. The van der Waals surface area contributed by atoms with E-state index < -0.39 is 24.1 Å². The van der Waals surface area contributed by atoms with E-state index in [0.29, 0.717) is 66.9 Å². The van der Waals surface area contributed by atoms with E-state index in [1.807, 2.05) is 74.9 Å². The number of aromatic hydroxyl groups is 1. The van der Waals surface area contributed by atoms with Crippen LogP contribution in [0.25, 0.3) is 21.7 Å². The molecule has 2 bridgehead atoms. The Hall–Kier alpha value is -6.91. The van der Waals surface area contributed by atoms with Crippen molar-refractivity contribution in [3.8, 4) is 39.2 Å². The standard InChI is InChI=1S/C58H74N12O8S/c1-36(2)33-75-34-47(39-10-12-40(13-11-39)55-38(5)61-35-79-55)62-57(73)49-27-44(71)32-69(49)58(74)54(37(3)4)51-29-53(65-78-51)77-25-23-67-20-18-66(19-21-67)22-24-76-52-26-41(16-17-60-52)70-42-14-15-43(70)31-68(30-42)48-28-46(63-64-56(48)59)45-8-6-7-9-50(45)72/h6-13,16-17,26,28-29,35-37,42-44,47,49,54,71-72H,14-15,18-25,27,30-34H2,1-5H3,(H2,59,64)(H,62,73)/t42?,43?,44-,47-,49+,54+/m1/s1. The second-order valence-corrected chi connectivity index (χ2v) is 22.9. The number of rotatable bonds is 22. The van der Waals surface area contributed by atoms with Gasteiger partial charge in [0.15, 0.2) is 11.6 Å². The summed E-state index contributed by atoms with van der Waals surface area (Å²) in [6.07, 6.45) is 3.20. The van der Waals surface area contributed by atoms with Gasteiger partial charge in [0.1, 0.15) is 30.9 Å². The summed E-state index contributed by atoms with van der Waals surface area (Å²) in [4.78, 5) is 49.7. The van der Waals surface area contributed by atoms with Crippen LogP contribution >= 0.6 is 11.3 Å². The number of pyridine rings is 1. The Labute approximate surface area is 465 Å². The van der Waals surface area contributed by atoms with Crippen LogP contribution in [0.15, 0.2) is 89.0 Å². The summed E-state index contributed by atoms with van der Waals surface area (Å²) >= 11 is 1.58. The molecule has 0 radical (unpaired) electrons. The van der Waals surface area contributed by atoms with Gasteiger partial charge in [0, 0.05) is 114 Å². The van der Waals surface area contributed by atoms with Crippen LogP contribution in [0.2, 0.25) is 0 Å². The molecule has 4 aliphatic rings. The lowest BCUT2D eigenvalue weighted by molar-refractivity contribution is -0.141. The van der Waals surface area contributed by atoms with Gasteiger partial charge in [-0.3, -0.25) is 19.4 Å². The number of likely N-dealkylation sites (tertiary alicyclic amines) is 1. The van der Waals surface area contributed by atoms with Crippen LogP contribution in [0.1, 0.15) is 75.9 Å². The number of anilines is 3. The molecular weight excluding hydrogens is 1020 g/mol. The fourth-order valence-corrected chi connectivity index (χ4v) is 12.3. The van der Waals surface area contributed by atoms with Gasteiger partial charge in [0.05, 0.1) is 46.2 Å². The van der Waals surface area contributed by atoms with Crippen molar-refractivity contribution in [1.29, 1.82) is 0 Å². The number of ether oxygens (including phenoxy) is 3. The molecule has 5 N–H and O–H groups in total. The van der Waals surface area contributed by atoms with Crippen molar-refractivity contribution in [2.75, 3.05) is 101 Å². The number of aliphatic hydroxyl groups excluding tert-OH is 1. The number of amides is 2. The SMILES string of the molecule is Cc1ncsc1-c1ccc([C@@H](COCC(C)C)NC(=O)[C@@H]2C[C@@H](O)CN2C(=O)[C@H](c2cc(OCCN3CCN(CCOc4cc(N5C6CCC5CN(c5cc(-c7ccccc7O)nnc5N)C6)ccn4)CC3)no2)C(C)C)cc1. The van der Waals surface area contributed by atoms with Crippen LogP contribution in [0, 0.1) is 18.8 Å². The normalized spacial score (nSPS) is 20.5. The number of aromatic nitrogens is 5. The number of hydrogen-bond acceptors (Lipinski definition) is 19. The smallest absolute Gasteiger partial charge is 0.254 e. The van der Waals surface area contributed by atoms with E-state index in [9.17, 15) is 19.8 Å². The second kappa shape index (κ2) is 25.0. The fraction of sp³-hybridized carbons (Fsp3) is 0.500. The van der Waals surface area contributed by atoms with Crippen molar-refractivity contribution < 1.29 is 38.5 Å². The van der Waals surface area contributed by atoms with Crippen LogP contribution in [0.5, 0.6) is 17.5 Å². The number of para-hydroxylation sites is 1. The van der Waals surface area contributed by atoms with Gasteiger partial charge in [-0.05, 0) is 72.2 Å². The lowest BCUT2D eigenvalue weighted by atomic mass is 9.91. The van der Waals surface area contributed by atoms with Crippen LogP contribution in [-0.2, 0) is 14.3 Å². The highest BCUT2D eigenvalue weighted by Crippen LogP contribution is 2.40. The number of benzene rings is 2. The molecule has 20 nitrogen and oxygen atoms in total. The van der Waals surface area contributed by atoms with Gasteiger partial charge in [0.25, 0.3) is 5.88 Å². The lowest BCUT2D eigenvalue weighted by Crippen LogP contribution is -2.54.